The van der Waals surface area contributed by atoms with Gasteiger partial charge in [-0.05, 0) is 278 Å². The summed E-state index contributed by atoms with van der Waals surface area (Å²) in [5.41, 5.74) is 22.6. The normalized spacial score (nSPS) is 13.7. The number of carbonyl (C=O) groups excluding carboxylic acids is 1. The van der Waals surface area contributed by atoms with Crippen molar-refractivity contribution in [1.29, 1.82) is 0 Å². The van der Waals surface area contributed by atoms with Gasteiger partial charge in [0.25, 0.3) is 17.0 Å². The average Bonchev–Trinajstić information content (AvgIpc) is 1.69. The molecule has 10 N–H and O–H groups in total. The van der Waals surface area contributed by atoms with Crippen molar-refractivity contribution in [2.24, 2.45) is 25.6 Å². The van der Waals surface area contributed by atoms with Gasteiger partial charge in [-0.2, -0.15) is 5.10 Å². The molecule has 4 aliphatic rings. The number of amides is 1. The highest BCUT2D eigenvalue weighted by Crippen LogP contribution is 2.45. The number of aryl methyl sites for hydroxylation is 11. The second kappa shape index (κ2) is 32.3. The lowest BCUT2D eigenvalue weighted by Gasteiger charge is -2.19. The number of nitrogens with one attached hydrogen (secondary N) is 2. The minimum Gasteiger partial charge on any atom is -0.505 e. The molecule has 0 radical (unpaired) electrons. The number of aromatic nitrogens is 4. The minimum absolute atomic E-state index is 0. The first-order valence-corrected chi connectivity index (χ1v) is 36.3. The van der Waals surface area contributed by atoms with Gasteiger partial charge in [-0.15, -0.1) is 71.4 Å². The number of carbonyl (C=O) groups is 4. The van der Waals surface area contributed by atoms with Crippen LogP contribution in [0, 0.1) is 34.6 Å². The third-order valence-corrected chi connectivity index (χ3v) is 21.6. The lowest BCUT2D eigenvalue weighted by Crippen LogP contribution is -2.20. The summed E-state index contributed by atoms with van der Waals surface area (Å²) in [5, 5.41) is 87.6. The molecular formula is C78H76BrN11O12S3. The third-order valence-electron chi connectivity index (χ3n) is 18.3. The van der Waals surface area contributed by atoms with Crippen molar-refractivity contribution >= 4 is 115 Å². The molecule has 0 unspecified atom stereocenters. The molecule has 1 aliphatic heterocycles. The second-order valence-corrected chi connectivity index (χ2v) is 29.3. The van der Waals surface area contributed by atoms with Gasteiger partial charge in [0, 0.05) is 37.0 Å². The molecule has 0 saturated carbocycles. The van der Waals surface area contributed by atoms with Gasteiger partial charge in [0.2, 0.25) is 0 Å². The number of aromatic amines is 2. The Morgan fingerprint density at radius 2 is 0.781 bits per heavy atom. The third kappa shape index (κ3) is 16.8. The van der Waals surface area contributed by atoms with Gasteiger partial charge >= 0.3 is 17.9 Å². The number of azo groups is 2. The number of phenols is 3. The summed E-state index contributed by atoms with van der Waals surface area (Å²) < 4.78 is 2.94. The van der Waals surface area contributed by atoms with Gasteiger partial charge in [0.1, 0.15) is 31.8 Å². The zero-order valence-corrected chi connectivity index (χ0v) is 62.4. The summed E-state index contributed by atoms with van der Waals surface area (Å²) in [6, 6.07) is 38.2. The SMILES string of the molecule is Br.CC1=NN(c2ccc3c(c2)CCCC3)C(=O)C1.Cc1cc(N)c(O)c(-c2ccc(C(=O)O)s2)c1.Cc1cc(N=Nc2c(C)[nH]n(-c3ccc4c(c3)CCCC4)c2=O)c(O)c(-c2ccc(C(=O)O)s2)c1.Cc1cc(N=Nc2c(C)[nH]n(-c3ccc4c(c3)CCCC4)c2=O)c(O)c(-c2ccc(C(=O)O)s2)c1. The number of hydrogen-bond donors (Lipinski definition) is 9. The first-order valence-electron chi connectivity index (χ1n) is 33.8. The molecule has 0 fully saturated rings. The number of benzene rings is 6. The van der Waals surface area contributed by atoms with Crippen LogP contribution in [-0.4, -0.2) is 79.7 Å². The number of hydrazone groups is 1. The molecule has 0 atom stereocenters. The van der Waals surface area contributed by atoms with Crippen LogP contribution in [0.25, 0.3) is 42.7 Å². The monoisotopic (exact) mass is 1530 g/mol. The van der Waals surface area contributed by atoms with Gasteiger partial charge in [-0.3, -0.25) is 24.6 Å². The number of fused-ring (bicyclic) bond motifs is 3. The molecule has 6 heterocycles. The molecule has 11 aromatic rings. The average molecular weight is 1540 g/mol. The highest BCUT2D eigenvalue weighted by atomic mass is 79.9. The summed E-state index contributed by atoms with van der Waals surface area (Å²) in [5.74, 6) is -3.19. The number of aromatic hydroxyl groups is 3. The predicted octanol–water partition coefficient (Wildman–Crippen LogP) is 18.4. The smallest absolute Gasteiger partial charge is 0.345 e. The Balaban J connectivity index is 0.000000147. The molecule has 0 spiro atoms. The van der Waals surface area contributed by atoms with Crippen molar-refractivity contribution in [1.82, 2.24) is 19.6 Å². The first-order chi connectivity index (χ1) is 49.8. The van der Waals surface area contributed by atoms with Crippen molar-refractivity contribution in [3.63, 3.8) is 0 Å². The standard InChI is InChI=1S/2C26H24N4O4S.C14H16N2O.C12H11NO3S.BrH/c2*1-14-11-19(21-9-10-22(35-21)26(33)34)24(31)20(12-14)27-28-23-15(2)29-30(25(23)32)18-8-7-16-5-3-4-6-17(16)13-18;1-10-8-14(17)16(15-10)13-7-6-11-4-2-3-5-12(11)9-13;1-6-4-7(11(14)8(13)5-6)9-2-3-10(17-9)12(15)16;/h2*7-13,29,31H,3-6H2,1-2H3,(H,33,34);6-7,9H,2-5,8H2,1H3;2-5,14H,13H2,1H3,(H,15,16);1H. The molecular weight excluding hydrogens is 1460 g/mol. The summed E-state index contributed by atoms with van der Waals surface area (Å²) in [6.07, 6.45) is 14.2. The Kier molecular flexibility index (Phi) is 23.1. The Morgan fingerprint density at radius 3 is 1.13 bits per heavy atom. The summed E-state index contributed by atoms with van der Waals surface area (Å²) >= 11 is 3.24. The number of thiophene rings is 3. The molecule has 6 aromatic carbocycles. The Hall–Kier alpha value is -11.1. The van der Waals surface area contributed by atoms with Gasteiger partial charge in [0.05, 0.1) is 40.6 Å². The summed E-state index contributed by atoms with van der Waals surface area (Å²) in [6.45, 7) is 11.0. The molecule has 540 valence electrons. The lowest BCUT2D eigenvalue weighted by atomic mass is 9.91. The highest BCUT2D eigenvalue weighted by molar-refractivity contribution is 8.93. The van der Waals surface area contributed by atoms with Crippen LogP contribution in [0.2, 0.25) is 0 Å². The van der Waals surface area contributed by atoms with E-state index >= 15 is 0 Å². The number of carboxylic acids is 3. The minimum atomic E-state index is -1.02. The zero-order valence-electron chi connectivity index (χ0n) is 58.2. The molecule has 105 heavy (non-hydrogen) atoms. The molecule has 27 heteroatoms. The molecule has 0 saturated heterocycles. The molecule has 1 amide bonds. The van der Waals surface area contributed by atoms with E-state index in [1.165, 1.54) is 93.0 Å². The lowest BCUT2D eigenvalue weighted by molar-refractivity contribution is -0.116. The zero-order chi connectivity index (χ0) is 73.8. The molecule has 15 rings (SSSR count). The number of phenolic OH excluding ortho intramolecular Hbond substituents is 3. The number of rotatable bonds is 13. The maximum absolute atomic E-state index is 13.1. The van der Waals surface area contributed by atoms with Gasteiger partial charge in [-0.25, -0.2) is 28.8 Å². The Labute approximate surface area is 625 Å². The van der Waals surface area contributed by atoms with E-state index in [1.807, 2.05) is 45.9 Å². The van der Waals surface area contributed by atoms with E-state index in [9.17, 15) is 54.3 Å². The van der Waals surface area contributed by atoms with Crippen LogP contribution in [0.1, 0.15) is 142 Å². The second-order valence-electron chi connectivity index (χ2n) is 26.1. The molecule has 0 bridgehead atoms. The summed E-state index contributed by atoms with van der Waals surface area (Å²) in [4.78, 5) is 73.8. The van der Waals surface area contributed by atoms with Crippen LogP contribution in [0.4, 0.5) is 34.1 Å². The number of carboxylic acid groups (broad SMARTS) is 3. The van der Waals surface area contributed by atoms with Gasteiger partial charge in [-0.1, -0.05) is 18.2 Å². The van der Waals surface area contributed by atoms with Crippen LogP contribution in [0.3, 0.4) is 0 Å². The molecule has 5 aromatic heterocycles. The number of aromatic carboxylic acids is 3. The maximum atomic E-state index is 13.1. The van der Waals surface area contributed by atoms with Crippen LogP contribution in [0.5, 0.6) is 17.2 Å². The van der Waals surface area contributed by atoms with Crippen molar-refractivity contribution in [2.45, 2.75) is 125 Å². The van der Waals surface area contributed by atoms with Crippen molar-refractivity contribution < 1.29 is 49.8 Å². The fraction of sp³-hybridized carbons (Fsp3) is 0.244. The summed E-state index contributed by atoms with van der Waals surface area (Å²) in [7, 11) is 0. The number of nitrogens with two attached hydrogens (primary N) is 1. The van der Waals surface area contributed by atoms with Crippen LogP contribution in [-0.2, 0) is 43.3 Å². The van der Waals surface area contributed by atoms with Crippen molar-refractivity contribution in [3.8, 4) is 59.9 Å². The van der Waals surface area contributed by atoms with E-state index in [-0.39, 0.29) is 88.6 Å². The molecule has 3 aliphatic carbocycles. The maximum Gasteiger partial charge on any atom is 0.345 e. The molecule has 23 nitrogen and oxygen atoms in total. The number of nitrogens with zero attached hydrogens (tertiary/aromatic N) is 8. The predicted molar refractivity (Wildman–Crippen MR) is 416 cm³/mol. The number of hydrogen-bond acceptors (Lipinski definition) is 18. The van der Waals surface area contributed by atoms with Crippen LogP contribution in [0.15, 0.2) is 163 Å². The van der Waals surface area contributed by atoms with E-state index in [4.69, 9.17) is 10.8 Å². The Morgan fingerprint density at radius 1 is 0.438 bits per heavy atom. The van der Waals surface area contributed by atoms with E-state index in [2.05, 4.69) is 72.2 Å². The van der Waals surface area contributed by atoms with Crippen molar-refractivity contribution in [3.05, 3.63) is 224 Å². The first kappa shape index (κ1) is 75.0. The number of anilines is 2. The van der Waals surface area contributed by atoms with E-state index < -0.39 is 17.9 Å². The number of H-pyrrole nitrogens is 2. The quantitative estimate of drug-likeness (QED) is 0.0295. The van der Waals surface area contributed by atoms with E-state index in [1.54, 1.807) is 73.5 Å². The fourth-order valence-electron chi connectivity index (χ4n) is 13.0. The topological polar surface area (TPSA) is 356 Å². The van der Waals surface area contributed by atoms with E-state index in [0.29, 0.717) is 54.8 Å². The highest BCUT2D eigenvalue weighted by Gasteiger charge is 2.26. The number of nitrogen functional groups attached to an aromatic ring is 1. The fourth-order valence-corrected chi connectivity index (χ4v) is 15.6. The van der Waals surface area contributed by atoms with Crippen LogP contribution < -0.4 is 21.9 Å². The van der Waals surface area contributed by atoms with Gasteiger partial charge in [0.15, 0.2) is 22.9 Å². The van der Waals surface area contributed by atoms with Crippen LogP contribution >= 0.6 is 51.0 Å². The van der Waals surface area contributed by atoms with E-state index in [0.717, 1.165) is 118 Å². The van der Waals surface area contributed by atoms with Gasteiger partial charge < -0.3 is 36.4 Å². The largest absolute Gasteiger partial charge is 0.505 e. The Bertz CT molecular complexity index is 5210. The number of halogens is 1. The van der Waals surface area contributed by atoms with Crippen molar-refractivity contribution in [2.75, 3.05) is 10.7 Å².